The van der Waals surface area contributed by atoms with Crippen LogP contribution in [-0.2, 0) is 0 Å². The second-order valence-electron chi connectivity index (χ2n) is 5.09. The third-order valence-electron chi connectivity index (χ3n) is 3.75. The molecule has 1 aromatic carbocycles. The first-order valence-corrected chi connectivity index (χ1v) is 7.85. The van der Waals surface area contributed by atoms with Crippen LogP contribution in [-0.4, -0.2) is 22.9 Å². The Balaban J connectivity index is 1.88. The molecule has 3 rings (SSSR count). The zero-order valence-electron chi connectivity index (χ0n) is 12.0. The number of non-ortho nitro benzene ring substituents is 1. The maximum atomic E-state index is 11.2. The Bertz CT molecular complexity index is 786. The molecule has 1 aliphatic heterocycles. The molecule has 8 heteroatoms. The van der Waals surface area contributed by atoms with Gasteiger partial charge in [0.1, 0.15) is 5.69 Å². The van der Waals surface area contributed by atoms with Crippen molar-refractivity contribution in [1.29, 1.82) is 0 Å². The van der Waals surface area contributed by atoms with Gasteiger partial charge < -0.3 is 4.90 Å². The predicted molar refractivity (Wildman–Crippen MR) is 88.9 cm³/mol. The summed E-state index contributed by atoms with van der Waals surface area (Å²) in [5.41, 5.74) is 1.15. The molecule has 118 valence electrons. The Morgan fingerprint density at radius 1 is 1.13 bits per heavy atom. The van der Waals surface area contributed by atoms with Crippen molar-refractivity contribution in [3.63, 3.8) is 0 Å². The van der Waals surface area contributed by atoms with Gasteiger partial charge in [-0.15, -0.1) is 11.3 Å². The van der Waals surface area contributed by atoms with Crippen LogP contribution in [0.3, 0.4) is 0 Å². The molecule has 0 aliphatic carbocycles. The van der Waals surface area contributed by atoms with E-state index in [1.54, 1.807) is 11.3 Å². The third kappa shape index (κ3) is 3.07. The van der Waals surface area contributed by atoms with Crippen molar-refractivity contribution in [3.05, 3.63) is 66.9 Å². The molecule has 2 heterocycles. The van der Waals surface area contributed by atoms with E-state index in [0.29, 0.717) is 18.8 Å². The summed E-state index contributed by atoms with van der Waals surface area (Å²) in [6.45, 7) is 1.19. The van der Waals surface area contributed by atoms with E-state index in [1.807, 2.05) is 16.3 Å². The molecule has 0 radical (unpaired) electrons. The van der Waals surface area contributed by atoms with E-state index in [2.05, 4.69) is 12.1 Å². The van der Waals surface area contributed by atoms with Gasteiger partial charge in [0.05, 0.1) is 15.9 Å². The van der Waals surface area contributed by atoms with E-state index < -0.39 is 9.85 Å². The molecule has 23 heavy (non-hydrogen) atoms. The highest BCUT2D eigenvalue weighted by Crippen LogP contribution is 2.35. The van der Waals surface area contributed by atoms with Crippen molar-refractivity contribution in [2.75, 3.05) is 18.0 Å². The number of anilines is 1. The van der Waals surface area contributed by atoms with Crippen molar-refractivity contribution in [3.8, 4) is 0 Å². The molecule has 0 atom stereocenters. The lowest BCUT2D eigenvalue weighted by Crippen LogP contribution is -2.28. The van der Waals surface area contributed by atoms with E-state index in [1.165, 1.54) is 22.6 Å². The van der Waals surface area contributed by atoms with Gasteiger partial charge in [-0.25, -0.2) is 0 Å². The number of thiophene rings is 1. The Labute approximate surface area is 135 Å². The molecule has 7 nitrogen and oxygen atoms in total. The van der Waals surface area contributed by atoms with E-state index in [9.17, 15) is 20.2 Å². The lowest BCUT2D eigenvalue weighted by molar-refractivity contribution is -0.393. The van der Waals surface area contributed by atoms with Crippen LogP contribution in [0.15, 0.2) is 41.8 Å². The maximum absolute atomic E-state index is 11.2. The van der Waals surface area contributed by atoms with Crippen LogP contribution >= 0.6 is 11.3 Å². The van der Waals surface area contributed by atoms with Crippen molar-refractivity contribution < 1.29 is 9.85 Å². The van der Waals surface area contributed by atoms with Gasteiger partial charge >= 0.3 is 0 Å². The molecule has 1 aliphatic rings. The molecular formula is C15H13N3O4S. The van der Waals surface area contributed by atoms with Gasteiger partial charge in [0.15, 0.2) is 0 Å². The lowest BCUT2D eigenvalue weighted by atomic mass is 10.1. The molecule has 2 aromatic rings. The van der Waals surface area contributed by atoms with Crippen LogP contribution < -0.4 is 4.90 Å². The van der Waals surface area contributed by atoms with Crippen LogP contribution in [0.5, 0.6) is 0 Å². The average molecular weight is 331 g/mol. The first-order chi connectivity index (χ1) is 11.1. The van der Waals surface area contributed by atoms with Gasteiger partial charge in [-0.3, -0.25) is 20.2 Å². The van der Waals surface area contributed by atoms with E-state index in [4.69, 9.17) is 0 Å². The van der Waals surface area contributed by atoms with Crippen LogP contribution in [0.25, 0.3) is 5.57 Å². The van der Waals surface area contributed by atoms with E-state index in [0.717, 1.165) is 12.5 Å². The Kier molecular flexibility index (Phi) is 4.07. The minimum absolute atomic E-state index is 0.229. The van der Waals surface area contributed by atoms with E-state index in [-0.39, 0.29) is 11.4 Å². The fourth-order valence-corrected chi connectivity index (χ4v) is 3.41. The normalized spacial score (nSPS) is 14.4. The Hall–Kier alpha value is -2.74. The van der Waals surface area contributed by atoms with Crippen molar-refractivity contribution in [2.45, 2.75) is 6.42 Å². The molecule has 0 amide bonds. The largest absolute Gasteiger partial charge is 0.362 e. The number of nitro benzene ring substituents is 2. The van der Waals surface area contributed by atoms with Gasteiger partial charge in [-0.2, -0.15) is 0 Å². The second kappa shape index (κ2) is 6.17. The fourth-order valence-electron chi connectivity index (χ4n) is 2.61. The fraction of sp³-hybridized carbons (Fsp3) is 0.200. The summed E-state index contributed by atoms with van der Waals surface area (Å²) in [4.78, 5) is 23.9. The first-order valence-electron chi connectivity index (χ1n) is 6.97. The van der Waals surface area contributed by atoms with Crippen LogP contribution in [0.4, 0.5) is 17.1 Å². The summed E-state index contributed by atoms with van der Waals surface area (Å²) in [5, 5.41) is 24.0. The molecule has 0 fully saturated rings. The second-order valence-corrected chi connectivity index (χ2v) is 6.04. The number of nitrogens with zero attached hydrogens (tertiary/aromatic N) is 3. The van der Waals surface area contributed by atoms with Crippen molar-refractivity contribution in [1.82, 2.24) is 0 Å². The number of hydrogen-bond acceptors (Lipinski definition) is 6. The molecule has 0 saturated carbocycles. The SMILES string of the molecule is O=[N+]([O-])c1ccc(N2CC=C(c3cccs3)CC2)c([N+](=O)[O-])c1. The average Bonchev–Trinajstić information content (AvgIpc) is 3.09. The summed E-state index contributed by atoms with van der Waals surface area (Å²) >= 11 is 1.67. The highest BCUT2D eigenvalue weighted by molar-refractivity contribution is 7.11. The van der Waals surface area contributed by atoms with Crippen molar-refractivity contribution in [2.24, 2.45) is 0 Å². The molecule has 0 spiro atoms. The smallest absolute Gasteiger partial charge is 0.299 e. The Morgan fingerprint density at radius 2 is 1.96 bits per heavy atom. The van der Waals surface area contributed by atoms with Gasteiger partial charge in [0, 0.05) is 24.0 Å². The molecule has 0 saturated heterocycles. The highest BCUT2D eigenvalue weighted by Gasteiger charge is 2.24. The highest BCUT2D eigenvalue weighted by atomic mass is 32.1. The first kappa shape index (κ1) is 15.2. The van der Waals surface area contributed by atoms with Gasteiger partial charge in [0.2, 0.25) is 0 Å². The minimum atomic E-state index is -0.623. The zero-order valence-corrected chi connectivity index (χ0v) is 12.9. The molecular weight excluding hydrogens is 318 g/mol. The Morgan fingerprint density at radius 3 is 2.52 bits per heavy atom. The summed E-state index contributed by atoms with van der Waals surface area (Å²) in [7, 11) is 0. The summed E-state index contributed by atoms with van der Waals surface area (Å²) in [5.74, 6) is 0. The summed E-state index contributed by atoms with van der Waals surface area (Å²) in [6, 6.07) is 7.84. The minimum Gasteiger partial charge on any atom is -0.362 e. The zero-order chi connectivity index (χ0) is 16.4. The third-order valence-corrected chi connectivity index (χ3v) is 4.70. The van der Waals surface area contributed by atoms with Crippen LogP contribution in [0.2, 0.25) is 0 Å². The number of hydrogen-bond donors (Lipinski definition) is 0. The number of rotatable bonds is 4. The van der Waals surface area contributed by atoms with Gasteiger partial charge in [0.25, 0.3) is 11.4 Å². The maximum Gasteiger partial charge on any atom is 0.299 e. The van der Waals surface area contributed by atoms with Crippen LogP contribution in [0.1, 0.15) is 11.3 Å². The lowest BCUT2D eigenvalue weighted by Gasteiger charge is -2.27. The topological polar surface area (TPSA) is 89.5 Å². The van der Waals surface area contributed by atoms with Gasteiger partial charge in [-0.05, 0) is 29.5 Å². The van der Waals surface area contributed by atoms with E-state index >= 15 is 0 Å². The predicted octanol–water partition coefficient (Wildman–Crippen LogP) is 3.86. The summed E-state index contributed by atoms with van der Waals surface area (Å²) < 4.78 is 0. The molecule has 0 unspecified atom stereocenters. The van der Waals surface area contributed by atoms with Gasteiger partial charge in [-0.1, -0.05) is 12.1 Å². The number of nitro groups is 2. The quantitative estimate of drug-likeness (QED) is 0.627. The molecule has 1 aromatic heterocycles. The standard InChI is InChI=1S/C15H13N3O4S/c19-17(20)12-3-4-13(14(10-12)18(21)22)16-7-5-11(6-8-16)15-2-1-9-23-15/h1-5,9-10H,6-8H2. The van der Waals surface area contributed by atoms with Crippen molar-refractivity contribution >= 4 is 34.0 Å². The van der Waals surface area contributed by atoms with Crippen LogP contribution in [0, 0.1) is 20.2 Å². The molecule has 0 bridgehead atoms. The number of benzene rings is 1. The monoisotopic (exact) mass is 331 g/mol. The summed E-state index contributed by atoms with van der Waals surface area (Å²) in [6.07, 6.45) is 2.84. The molecule has 0 N–H and O–H groups in total.